The molecule has 4 N–H and O–H groups in total. The molecule has 0 aliphatic heterocycles. The minimum absolute atomic E-state index is 0.160. The van der Waals surface area contributed by atoms with E-state index in [1.165, 1.54) is 0 Å². The molecule has 1 aliphatic rings. The first-order valence-corrected chi connectivity index (χ1v) is 8.34. The van der Waals surface area contributed by atoms with Crippen LogP contribution in [0.1, 0.15) is 25.7 Å². The molecule has 6 nitrogen and oxygen atoms in total. The molecule has 24 heavy (non-hydrogen) atoms. The maximum absolute atomic E-state index is 9.61. The van der Waals surface area contributed by atoms with Gasteiger partial charge in [0.05, 0.1) is 11.6 Å². The monoisotopic (exact) mass is 323 g/mol. The van der Waals surface area contributed by atoms with Crippen molar-refractivity contribution in [1.29, 1.82) is 0 Å². The molecule has 4 rings (SSSR count). The Morgan fingerprint density at radius 3 is 2.79 bits per heavy atom. The molecule has 1 aliphatic carbocycles. The van der Waals surface area contributed by atoms with Gasteiger partial charge in [-0.1, -0.05) is 6.07 Å². The number of aliphatic hydroxyl groups excluding tert-OH is 1. The molecule has 0 unspecified atom stereocenters. The van der Waals surface area contributed by atoms with Crippen LogP contribution in [0.5, 0.6) is 0 Å². The number of aliphatic hydroxyl groups is 1. The van der Waals surface area contributed by atoms with Crippen LogP contribution in [0.25, 0.3) is 16.7 Å². The maximum atomic E-state index is 9.61. The summed E-state index contributed by atoms with van der Waals surface area (Å²) in [6.07, 6.45) is 7.13. The lowest BCUT2D eigenvalue weighted by molar-refractivity contribution is 0.126. The van der Waals surface area contributed by atoms with E-state index in [9.17, 15) is 5.11 Å². The Labute approximate surface area is 140 Å². The summed E-state index contributed by atoms with van der Waals surface area (Å²) in [7, 11) is 0. The lowest BCUT2D eigenvalue weighted by Gasteiger charge is -2.26. The van der Waals surface area contributed by atoms with Crippen molar-refractivity contribution in [2.24, 2.45) is 0 Å². The summed E-state index contributed by atoms with van der Waals surface area (Å²) in [5.74, 6) is 1.43. The smallest absolute Gasteiger partial charge is 0.224 e. The molecule has 1 fully saturated rings. The molecule has 6 heteroatoms. The first-order chi connectivity index (χ1) is 11.7. The van der Waals surface area contributed by atoms with Crippen LogP contribution in [-0.4, -0.2) is 31.8 Å². The number of nitrogens with two attached hydrogens (primary N) is 1. The van der Waals surface area contributed by atoms with Gasteiger partial charge in [0.2, 0.25) is 5.95 Å². The van der Waals surface area contributed by atoms with Crippen molar-refractivity contribution < 1.29 is 5.11 Å². The first kappa shape index (κ1) is 15.0. The van der Waals surface area contributed by atoms with Crippen LogP contribution in [0.15, 0.2) is 42.7 Å². The molecular formula is C18H21N5O. The summed E-state index contributed by atoms with van der Waals surface area (Å²) >= 11 is 0. The van der Waals surface area contributed by atoms with Gasteiger partial charge in [-0.3, -0.25) is 0 Å². The highest BCUT2D eigenvalue weighted by molar-refractivity contribution is 5.92. The van der Waals surface area contributed by atoms with Gasteiger partial charge in [-0.2, -0.15) is 4.98 Å². The fraction of sp³-hybridized carbons (Fsp3) is 0.333. The van der Waals surface area contributed by atoms with Gasteiger partial charge in [0.15, 0.2) is 0 Å². The molecule has 3 aromatic rings. The third-order valence-electron chi connectivity index (χ3n) is 4.68. The first-order valence-electron chi connectivity index (χ1n) is 8.34. The van der Waals surface area contributed by atoms with Crippen molar-refractivity contribution >= 4 is 22.5 Å². The Bertz CT molecular complexity index is 851. The van der Waals surface area contributed by atoms with E-state index in [2.05, 4.69) is 15.3 Å². The second kappa shape index (κ2) is 6.13. The fourth-order valence-electron chi connectivity index (χ4n) is 3.35. The molecule has 0 amide bonds. The second-order valence-electron chi connectivity index (χ2n) is 6.35. The largest absolute Gasteiger partial charge is 0.398 e. The number of hydrogen-bond donors (Lipinski definition) is 3. The van der Waals surface area contributed by atoms with E-state index in [1.54, 1.807) is 6.20 Å². The minimum Gasteiger partial charge on any atom is -0.398 e. The van der Waals surface area contributed by atoms with Crippen molar-refractivity contribution in [3.8, 4) is 5.82 Å². The Hall–Kier alpha value is -2.60. The number of nitrogens with one attached hydrogen (secondary N) is 1. The number of benzene rings is 1. The number of nitrogen functional groups attached to an aromatic ring is 1. The molecule has 0 spiro atoms. The van der Waals surface area contributed by atoms with Crippen molar-refractivity contribution in [3.63, 3.8) is 0 Å². The highest BCUT2D eigenvalue weighted by atomic mass is 16.3. The summed E-state index contributed by atoms with van der Waals surface area (Å²) < 4.78 is 2.02. The maximum Gasteiger partial charge on any atom is 0.224 e. The molecule has 2 heterocycles. The predicted molar refractivity (Wildman–Crippen MR) is 95.2 cm³/mol. The van der Waals surface area contributed by atoms with Crippen molar-refractivity contribution in [3.05, 3.63) is 42.7 Å². The second-order valence-corrected chi connectivity index (χ2v) is 6.35. The summed E-state index contributed by atoms with van der Waals surface area (Å²) in [5, 5.41) is 14.0. The van der Waals surface area contributed by atoms with Gasteiger partial charge < -0.3 is 20.7 Å². The van der Waals surface area contributed by atoms with Crippen LogP contribution >= 0.6 is 0 Å². The van der Waals surface area contributed by atoms with Crippen LogP contribution in [0.2, 0.25) is 0 Å². The van der Waals surface area contributed by atoms with Gasteiger partial charge in [0.25, 0.3) is 0 Å². The Morgan fingerprint density at radius 2 is 1.96 bits per heavy atom. The van der Waals surface area contributed by atoms with E-state index in [1.807, 2.05) is 41.1 Å². The zero-order chi connectivity index (χ0) is 16.5. The van der Waals surface area contributed by atoms with Crippen LogP contribution in [0.3, 0.4) is 0 Å². The summed E-state index contributed by atoms with van der Waals surface area (Å²) in [4.78, 5) is 8.98. The van der Waals surface area contributed by atoms with E-state index in [4.69, 9.17) is 5.73 Å². The van der Waals surface area contributed by atoms with Gasteiger partial charge >= 0.3 is 0 Å². The highest BCUT2D eigenvalue weighted by Gasteiger charge is 2.20. The number of fused-ring (bicyclic) bond motifs is 1. The number of nitrogens with zero attached hydrogens (tertiary/aromatic N) is 3. The number of hydrogen-bond acceptors (Lipinski definition) is 5. The predicted octanol–water partition coefficient (Wildman–Crippen LogP) is 2.72. The summed E-state index contributed by atoms with van der Waals surface area (Å²) in [6, 6.07) is 10.1. The van der Waals surface area contributed by atoms with Crippen molar-refractivity contribution in [1.82, 2.24) is 14.5 Å². The molecule has 1 saturated carbocycles. The van der Waals surface area contributed by atoms with E-state index >= 15 is 0 Å². The van der Waals surface area contributed by atoms with Gasteiger partial charge in [-0.15, -0.1) is 0 Å². The molecule has 0 saturated heterocycles. The van der Waals surface area contributed by atoms with Gasteiger partial charge in [-0.25, -0.2) is 4.98 Å². The number of anilines is 2. The average molecular weight is 323 g/mol. The topological polar surface area (TPSA) is 89.0 Å². The van der Waals surface area contributed by atoms with E-state index in [-0.39, 0.29) is 6.10 Å². The van der Waals surface area contributed by atoms with E-state index in [0.717, 1.165) is 48.1 Å². The molecule has 0 bridgehead atoms. The molecule has 124 valence electrons. The van der Waals surface area contributed by atoms with E-state index < -0.39 is 0 Å². The SMILES string of the molecule is Nc1cccc2c1ccn2-c1ccnc(N[C@H]2CC[C@H](O)CC2)n1. The molecule has 0 atom stereocenters. The zero-order valence-corrected chi connectivity index (χ0v) is 13.4. The molecule has 2 aromatic heterocycles. The van der Waals surface area contributed by atoms with Crippen LogP contribution < -0.4 is 11.1 Å². The Morgan fingerprint density at radius 1 is 1.12 bits per heavy atom. The Balaban J connectivity index is 1.61. The summed E-state index contributed by atoms with van der Waals surface area (Å²) in [5.41, 5.74) is 7.83. The minimum atomic E-state index is -0.160. The van der Waals surface area contributed by atoms with Crippen LogP contribution in [0.4, 0.5) is 11.6 Å². The van der Waals surface area contributed by atoms with Gasteiger partial charge in [-0.05, 0) is 49.9 Å². The normalized spacial score (nSPS) is 21.0. The van der Waals surface area contributed by atoms with Crippen LogP contribution in [0, 0.1) is 0 Å². The quantitative estimate of drug-likeness (QED) is 0.645. The van der Waals surface area contributed by atoms with Crippen molar-refractivity contribution in [2.75, 3.05) is 11.1 Å². The fourth-order valence-corrected chi connectivity index (χ4v) is 3.35. The third kappa shape index (κ3) is 2.80. The Kier molecular flexibility index (Phi) is 3.82. The van der Waals surface area contributed by atoms with Crippen LogP contribution in [-0.2, 0) is 0 Å². The van der Waals surface area contributed by atoms with Gasteiger partial charge in [0.1, 0.15) is 5.82 Å². The molecular weight excluding hydrogens is 302 g/mol. The third-order valence-corrected chi connectivity index (χ3v) is 4.68. The lowest BCUT2D eigenvalue weighted by Crippen LogP contribution is -2.29. The number of rotatable bonds is 3. The molecule has 1 aromatic carbocycles. The lowest BCUT2D eigenvalue weighted by atomic mass is 9.93. The van der Waals surface area contributed by atoms with Crippen molar-refractivity contribution in [2.45, 2.75) is 37.8 Å². The number of aromatic nitrogens is 3. The van der Waals surface area contributed by atoms with E-state index in [0.29, 0.717) is 12.0 Å². The molecule has 0 radical (unpaired) electrons. The summed E-state index contributed by atoms with van der Waals surface area (Å²) in [6.45, 7) is 0. The van der Waals surface area contributed by atoms with Gasteiger partial charge in [0, 0.05) is 29.5 Å². The average Bonchev–Trinajstić information content (AvgIpc) is 3.03. The highest BCUT2D eigenvalue weighted by Crippen LogP contribution is 2.25. The standard InChI is InChI=1S/C18H21N5O/c19-15-2-1-3-16-14(15)9-11-23(16)17-8-10-20-18(22-17)21-12-4-6-13(24)7-5-12/h1-3,8-13,24H,4-7,19H2,(H,20,21,22)/t12-,13-. The zero-order valence-electron chi connectivity index (χ0n) is 13.4.